The fraction of sp³-hybridized carbons (Fsp3) is 0.955. The summed E-state index contributed by atoms with van der Waals surface area (Å²) >= 11 is 0. The molecule has 1 saturated heterocycles. The van der Waals surface area contributed by atoms with Gasteiger partial charge < -0.3 is 10.6 Å². The molecule has 1 heterocycles. The van der Waals surface area contributed by atoms with Crippen LogP contribution in [-0.2, 0) is 10.0 Å². The Labute approximate surface area is 176 Å². The lowest BCUT2D eigenvalue weighted by Gasteiger charge is -2.72. The standard InChI is InChI=1S/C22H39N3O3S/c1-4-5-10-29(27,28)25-8-6-16(7-9-25)15-23-20(26)24-22-13-17-11-21(2,3)12-18(14-22)19(17)22/h16-19H,4-15H2,1-3H3,(H2,23,24,26)/t17-,18+,19?,22?. The number of amides is 2. The summed E-state index contributed by atoms with van der Waals surface area (Å²) in [4.78, 5) is 12.5. The van der Waals surface area contributed by atoms with Gasteiger partial charge in [0, 0.05) is 25.2 Å². The van der Waals surface area contributed by atoms with Gasteiger partial charge in [0.2, 0.25) is 10.0 Å². The first-order valence-corrected chi connectivity index (χ1v) is 13.3. The minimum absolute atomic E-state index is 0.0234. The van der Waals surface area contributed by atoms with E-state index in [4.69, 9.17) is 0 Å². The van der Waals surface area contributed by atoms with E-state index in [1.54, 1.807) is 4.31 Å². The second-order valence-corrected chi connectivity index (χ2v) is 13.1. The molecule has 3 aliphatic carbocycles. The number of rotatable bonds is 7. The van der Waals surface area contributed by atoms with Gasteiger partial charge in [0.1, 0.15) is 0 Å². The van der Waals surface area contributed by atoms with E-state index >= 15 is 0 Å². The van der Waals surface area contributed by atoms with Crippen LogP contribution < -0.4 is 10.6 Å². The van der Waals surface area contributed by atoms with Crippen LogP contribution in [0.3, 0.4) is 0 Å². The van der Waals surface area contributed by atoms with Crippen LogP contribution >= 0.6 is 0 Å². The van der Waals surface area contributed by atoms with E-state index in [-0.39, 0.29) is 17.3 Å². The average molecular weight is 426 g/mol. The quantitative estimate of drug-likeness (QED) is 0.657. The third-order valence-corrected chi connectivity index (χ3v) is 10.1. The van der Waals surface area contributed by atoms with Crippen molar-refractivity contribution in [3.05, 3.63) is 0 Å². The van der Waals surface area contributed by atoms with Crippen molar-refractivity contribution in [3.8, 4) is 0 Å². The molecule has 6 nitrogen and oxygen atoms in total. The first kappa shape index (κ1) is 21.4. The summed E-state index contributed by atoms with van der Waals surface area (Å²) in [6.45, 7) is 8.62. The monoisotopic (exact) mass is 425 g/mol. The molecule has 2 unspecified atom stereocenters. The van der Waals surface area contributed by atoms with Crippen molar-refractivity contribution in [2.24, 2.45) is 29.1 Å². The predicted octanol–water partition coefficient (Wildman–Crippen LogP) is 3.34. The SMILES string of the molecule is CCCCS(=O)(=O)N1CCC(CNC(=O)NC23C[C@H]4CC(C)(C)C[C@@H](C2)C43)CC1. The first-order chi connectivity index (χ1) is 13.6. The van der Waals surface area contributed by atoms with Gasteiger partial charge in [-0.2, -0.15) is 0 Å². The van der Waals surface area contributed by atoms with Crippen molar-refractivity contribution in [2.45, 2.75) is 77.7 Å². The molecule has 2 amide bonds. The highest BCUT2D eigenvalue weighted by Gasteiger charge is 2.68. The van der Waals surface area contributed by atoms with E-state index in [2.05, 4.69) is 24.5 Å². The summed E-state index contributed by atoms with van der Waals surface area (Å²) < 4.78 is 26.3. The number of sulfonamides is 1. The minimum atomic E-state index is -3.10. The van der Waals surface area contributed by atoms with Crippen molar-refractivity contribution >= 4 is 16.1 Å². The number of carbonyl (C=O) groups is 1. The smallest absolute Gasteiger partial charge is 0.315 e. The van der Waals surface area contributed by atoms with Crippen LogP contribution in [0.5, 0.6) is 0 Å². The fourth-order valence-corrected chi connectivity index (χ4v) is 8.63. The number of hydrogen-bond acceptors (Lipinski definition) is 3. The van der Waals surface area contributed by atoms with Crippen molar-refractivity contribution < 1.29 is 13.2 Å². The van der Waals surface area contributed by atoms with Gasteiger partial charge in [-0.1, -0.05) is 27.2 Å². The van der Waals surface area contributed by atoms with Gasteiger partial charge in [0.15, 0.2) is 0 Å². The Morgan fingerprint density at radius 1 is 1.07 bits per heavy atom. The number of piperidine rings is 1. The molecule has 0 radical (unpaired) electrons. The molecular formula is C22H39N3O3S. The summed E-state index contributed by atoms with van der Waals surface area (Å²) in [6.07, 6.45) is 8.20. The lowest BCUT2D eigenvalue weighted by molar-refractivity contribution is -0.183. The highest BCUT2D eigenvalue weighted by molar-refractivity contribution is 7.89. The maximum Gasteiger partial charge on any atom is 0.315 e. The van der Waals surface area contributed by atoms with Gasteiger partial charge in [-0.05, 0) is 74.0 Å². The third-order valence-electron chi connectivity index (χ3n) is 8.17. The Morgan fingerprint density at radius 2 is 1.69 bits per heavy atom. The Kier molecular flexibility index (Phi) is 5.69. The van der Waals surface area contributed by atoms with Gasteiger partial charge in [-0.3, -0.25) is 0 Å². The molecule has 0 aromatic heterocycles. The number of nitrogens with zero attached hydrogens (tertiary/aromatic N) is 1. The van der Waals surface area contributed by atoms with Gasteiger partial charge in [0.25, 0.3) is 0 Å². The fourth-order valence-electron chi connectivity index (χ4n) is 6.95. The Balaban J connectivity index is 1.18. The molecule has 0 aromatic rings. The maximum atomic E-state index is 12.5. The zero-order valence-electron chi connectivity index (χ0n) is 18.4. The van der Waals surface area contributed by atoms with E-state index in [9.17, 15) is 13.2 Å². The Hall–Kier alpha value is -0.820. The lowest BCUT2D eigenvalue weighted by atomic mass is 9.36. The number of hydrogen-bond donors (Lipinski definition) is 2. The second-order valence-electron chi connectivity index (χ2n) is 11.0. The van der Waals surface area contributed by atoms with Gasteiger partial charge >= 0.3 is 6.03 Å². The molecule has 0 spiro atoms. The molecule has 7 heteroatoms. The van der Waals surface area contributed by atoms with Crippen LogP contribution in [-0.4, -0.2) is 49.7 Å². The van der Waals surface area contributed by atoms with Crippen LogP contribution in [0.1, 0.15) is 72.1 Å². The largest absolute Gasteiger partial charge is 0.338 e. The zero-order chi connectivity index (χ0) is 20.9. The van der Waals surface area contributed by atoms with Crippen molar-refractivity contribution in [2.75, 3.05) is 25.4 Å². The molecule has 2 N–H and O–H groups in total. The highest BCUT2D eigenvalue weighted by atomic mass is 32.2. The van der Waals surface area contributed by atoms with Crippen LogP contribution in [0.25, 0.3) is 0 Å². The normalized spacial score (nSPS) is 36.4. The molecule has 0 bridgehead atoms. The molecule has 4 atom stereocenters. The lowest BCUT2D eigenvalue weighted by Crippen LogP contribution is -2.77. The number of nitrogens with one attached hydrogen (secondary N) is 2. The molecule has 4 fully saturated rings. The third kappa shape index (κ3) is 4.18. The van der Waals surface area contributed by atoms with Gasteiger partial charge in [-0.25, -0.2) is 17.5 Å². The second kappa shape index (κ2) is 7.70. The van der Waals surface area contributed by atoms with Crippen LogP contribution in [0.2, 0.25) is 0 Å². The van der Waals surface area contributed by atoms with Crippen molar-refractivity contribution in [3.63, 3.8) is 0 Å². The zero-order valence-corrected chi connectivity index (χ0v) is 19.2. The minimum Gasteiger partial charge on any atom is -0.338 e. The predicted molar refractivity (Wildman–Crippen MR) is 115 cm³/mol. The van der Waals surface area contributed by atoms with E-state index in [1.807, 2.05) is 6.92 Å². The van der Waals surface area contributed by atoms with Gasteiger partial charge in [0.05, 0.1) is 5.75 Å². The summed E-state index contributed by atoms with van der Waals surface area (Å²) in [5.74, 6) is 2.94. The summed E-state index contributed by atoms with van der Waals surface area (Å²) in [5.41, 5.74) is 0.548. The van der Waals surface area contributed by atoms with Crippen molar-refractivity contribution in [1.82, 2.24) is 14.9 Å². The summed E-state index contributed by atoms with van der Waals surface area (Å²) in [6, 6.07) is -0.0234. The van der Waals surface area contributed by atoms with E-state index in [0.717, 1.165) is 50.4 Å². The molecular weight excluding hydrogens is 386 g/mol. The highest BCUT2D eigenvalue weighted by Crippen LogP contribution is 2.68. The summed E-state index contributed by atoms with van der Waals surface area (Å²) in [7, 11) is -3.10. The summed E-state index contributed by atoms with van der Waals surface area (Å²) in [5, 5.41) is 6.41. The van der Waals surface area contributed by atoms with E-state index in [1.165, 1.54) is 12.8 Å². The molecule has 1 aliphatic heterocycles. The van der Waals surface area contributed by atoms with E-state index < -0.39 is 10.0 Å². The number of carbonyl (C=O) groups excluding carboxylic acids is 1. The average Bonchev–Trinajstić information content (AvgIpc) is 2.62. The van der Waals surface area contributed by atoms with Crippen LogP contribution in [0, 0.1) is 29.1 Å². The van der Waals surface area contributed by atoms with Gasteiger partial charge in [-0.15, -0.1) is 0 Å². The molecule has 3 saturated carbocycles. The van der Waals surface area contributed by atoms with E-state index in [0.29, 0.717) is 36.9 Å². The maximum absolute atomic E-state index is 12.5. The molecule has 29 heavy (non-hydrogen) atoms. The Bertz CT molecular complexity index is 710. The number of urea groups is 1. The molecule has 4 rings (SSSR count). The molecule has 4 aliphatic rings. The first-order valence-electron chi connectivity index (χ1n) is 11.7. The molecule has 0 aromatic carbocycles. The topological polar surface area (TPSA) is 78.5 Å². The molecule has 166 valence electrons. The number of unbranched alkanes of at least 4 members (excludes halogenated alkanes) is 1. The van der Waals surface area contributed by atoms with Crippen LogP contribution in [0.15, 0.2) is 0 Å². The Morgan fingerprint density at radius 3 is 2.28 bits per heavy atom. The van der Waals surface area contributed by atoms with Crippen molar-refractivity contribution in [1.29, 1.82) is 0 Å². The van der Waals surface area contributed by atoms with Crippen LogP contribution in [0.4, 0.5) is 4.79 Å².